The zero-order chi connectivity index (χ0) is 15.5. The molecule has 5 nitrogen and oxygen atoms in total. The Morgan fingerprint density at radius 2 is 2.10 bits per heavy atom. The van der Waals surface area contributed by atoms with Gasteiger partial charge in [0.05, 0.1) is 13.2 Å². The first-order chi connectivity index (χ1) is 10.1. The summed E-state index contributed by atoms with van der Waals surface area (Å²) in [5, 5.41) is 3.29. The van der Waals surface area contributed by atoms with Crippen molar-refractivity contribution in [2.24, 2.45) is 0 Å². The molecule has 0 saturated heterocycles. The second-order valence-electron chi connectivity index (χ2n) is 5.06. The second kappa shape index (κ2) is 10.2. The van der Waals surface area contributed by atoms with E-state index < -0.39 is 0 Å². The van der Waals surface area contributed by atoms with Crippen molar-refractivity contribution in [1.82, 2.24) is 10.2 Å². The molecular formula is C16H26N2O3. The Morgan fingerprint density at radius 3 is 2.81 bits per heavy atom. The Labute approximate surface area is 127 Å². The van der Waals surface area contributed by atoms with Crippen molar-refractivity contribution < 1.29 is 14.3 Å². The summed E-state index contributed by atoms with van der Waals surface area (Å²) in [4.78, 5) is 13.0. The number of amides is 1. The van der Waals surface area contributed by atoms with E-state index in [2.05, 4.69) is 11.4 Å². The zero-order valence-corrected chi connectivity index (χ0v) is 13.2. The molecule has 0 spiro atoms. The molecule has 0 radical (unpaired) electrons. The molecule has 5 heteroatoms. The number of nitrogens with one attached hydrogen (secondary N) is 1. The second-order valence-corrected chi connectivity index (χ2v) is 5.06. The molecule has 0 heterocycles. The van der Waals surface area contributed by atoms with Gasteiger partial charge in [0, 0.05) is 40.7 Å². The number of nitrogens with zero attached hydrogens (tertiary/aromatic N) is 1. The minimum atomic E-state index is 0.134. The first kappa shape index (κ1) is 17.5. The van der Waals surface area contributed by atoms with Crippen LogP contribution in [0.1, 0.15) is 18.4 Å². The van der Waals surface area contributed by atoms with Crippen LogP contribution in [0, 0.1) is 0 Å². The van der Waals surface area contributed by atoms with Gasteiger partial charge in [-0.05, 0) is 24.1 Å². The van der Waals surface area contributed by atoms with Crippen LogP contribution >= 0.6 is 0 Å². The average molecular weight is 294 g/mol. The highest BCUT2D eigenvalue weighted by Gasteiger charge is 2.03. The predicted molar refractivity (Wildman–Crippen MR) is 83.4 cm³/mol. The third-order valence-electron chi connectivity index (χ3n) is 3.01. The molecule has 0 fully saturated rings. The van der Waals surface area contributed by atoms with Crippen molar-refractivity contribution in [3.05, 3.63) is 29.8 Å². The zero-order valence-electron chi connectivity index (χ0n) is 13.2. The molecule has 0 atom stereocenters. The van der Waals surface area contributed by atoms with Gasteiger partial charge in [-0.25, -0.2) is 0 Å². The normalized spacial score (nSPS) is 10.4. The highest BCUT2D eigenvalue weighted by atomic mass is 16.5. The van der Waals surface area contributed by atoms with E-state index in [-0.39, 0.29) is 5.91 Å². The molecule has 1 rings (SSSR count). The summed E-state index contributed by atoms with van der Waals surface area (Å²) >= 11 is 0. The molecule has 0 aliphatic heterocycles. The first-order valence-corrected chi connectivity index (χ1v) is 7.25. The number of ether oxygens (including phenoxy) is 2. The standard InChI is InChI=1S/C16H26N2O3/c1-18(2)16(19)8-5-10-21-15-7-4-6-14(12-15)13-17-9-11-20-3/h4,6-7,12,17H,5,8-11,13H2,1-3H3. The molecule has 21 heavy (non-hydrogen) atoms. The van der Waals surface area contributed by atoms with Crippen LogP contribution in [0.3, 0.4) is 0 Å². The van der Waals surface area contributed by atoms with Gasteiger partial charge in [-0.2, -0.15) is 0 Å². The average Bonchev–Trinajstić information content (AvgIpc) is 2.48. The molecule has 0 aromatic heterocycles. The summed E-state index contributed by atoms with van der Waals surface area (Å²) in [6.07, 6.45) is 1.25. The van der Waals surface area contributed by atoms with Crippen molar-refractivity contribution in [1.29, 1.82) is 0 Å². The van der Waals surface area contributed by atoms with Crippen LogP contribution in [-0.2, 0) is 16.1 Å². The van der Waals surface area contributed by atoms with E-state index >= 15 is 0 Å². The van der Waals surface area contributed by atoms with Crippen LogP contribution in [-0.4, -0.2) is 51.8 Å². The molecular weight excluding hydrogens is 268 g/mol. The molecule has 118 valence electrons. The number of carbonyl (C=O) groups is 1. The highest BCUT2D eigenvalue weighted by Crippen LogP contribution is 2.13. The summed E-state index contributed by atoms with van der Waals surface area (Å²) in [5.41, 5.74) is 1.17. The summed E-state index contributed by atoms with van der Waals surface area (Å²) in [7, 11) is 5.23. The van der Waals surface area contributed by atoms with E-state index in [0.29, 0.717) is 19.6 Å². The summed E-state index contributed by atoms with van der Waals surface area (Å²) in [6, 6.07) is 8.00. The van der Waals surface area contributed by atoms with Gasteiger partial charge < -0.3 is 19.7 Å². The van der Waals surface area contributed by atoms with Gasteiger partial charge in [0.1, 0.15) is 5.75 Å². The van der Waals surface area contributed by atoms with Crippen LogP contribution in [0.2, 0.25) is 0 Å². The summed E-state index contributed by atoms with van der Waals surface area (Å²) in [5.74, 6) is 0.980. The van der Waals surface area contributed by atoms with E-state index in [4.69, 9.17) is 9.47 Å². The van der Waals surface area contributed by atoms with Crippen LogP contribution < -0.4 is 10.1 Å². The topological polar surface area (TPSA) is 50.8 Å². The molecule has 0 bridgehead atoms. The smallest absolute Gasteiger partial charge is 0.222 e. The maximum absolute atomic E-state index is 11.4. The summed E-state index contributed by atoms with van der Waals surface area (Å²) in [6.45, 7) is 2.88. The lowest BCUT2D eigenvalue weighted by Gasteiger charge is -2.11. The van der Waals surface area contributed by atoms with Gasteiger partial charge in [-0.3, -0.25) is 4.79 Å². The van der Waals surface area contributed by atoms with Gasteiger partial charge in [-0.15, -0.1) is 0 Å². The van der Waals surface area contributed by atoms with Gasteiger partial charge in [0.15, 0.2) is 0 Å². The monoisotopic (exact) mass is 294 g/mol. The number of methoxy groups -OCH3 is 1. The maximum atomic E-state index is 11.4. The molecule has 1 N–H and O–H groups in total. The third kappa shape index (κ3) is 7.68. The molecule has 0 saturated carbocycles. The van der Waals surface area contributed by atoms with Crippen LogP contribution in [0.25, 0.3) is 0 Å². The lowest BCUT2D eigenvalue weighted by molar-refractivity contribution is -0.128. The lowest BCUT2D eigenvalue weighted by Crippen LogP contribution is -2.21. The van der Waals surface area contributed by atoms with Gasteiger partial charge in [-0.1, -0.05) is 12.1 Å². The minimum absolute atomic E-state index is 0.134. The number of rotatable bonds is 10. The predicted octanol–water partition coefficient (Wildman–Crippen LogP) is 1.67. The number of hydrogen-bond acceptors (Lipinski definition) is 4. The first-order valence-electron chi connectivity index (χ1n) is 7.25. The van der Waals surface area contributed by atoms with E-state index in [1.807, 2.05) is 18.2 Å². The quantitative estimate of drug-likeness (QED) is 0.667. The van der Waals surface area contributed by atoms with Gasteiger partial charge in [0.25, 0.3) is 0 Å². The fourth-order valence-corrected chi connectivity index (χ4v) is 1.79. The van der Waals surface area contributed by atoms with Crippen molar-refractivity contribution >= 4 is 5.91 Å². The fraction of sp³-hybridized carbons (Fsp3) is 0.562. The van der Waals surface area contributed by atoms with Crippen molar-refractivity contribution in [2.75, 3.05) is 41.0 Å². The summed E-state index contributed by atoms with van der Waals surface area (Å²) < 4.78 is 10.7. The lowest BCUT2D eigenvalue weighted by atomic mass is 10.2. The highest BCUT2D eigenvalue weighted by molar-refractivity contribution is 5.75. The molecule has 1 aromatic rings. The SMILES string of the molecule is COCCNCc1cccc(OCCCC(=O)N(C)C)c1. The molecule has 1 aromatic carbocycles. The van der Waals surface area contributed by atoms with E-state index in [0.717, 1.165) is 25.3 Å². The maximum Gasteiger partial charge on any atom is 0.222 e. The van der Waals surface area contributed by atoms with E-state index in [1.165, 1.54) is 5.56 Å². The molecule has 0 aliphatic carbocycles. The largest absolute Gasteiger partial charge is 0.494 e. The van der Waals surface area contributed by atoms with E-state index in [9.17, 15) is 4.79 Å². The number of hydrogen-bond donors (Lipinski definition) is 1. The Hall–Kier alpha value is -1.59. The van der Waals surface area contributed by atoms with Gasteiger partial charge >= 0.3 is 0 Å². The Balaban J connectivity index is 2.27. The molecule has 0 aliphatic rings. The van der Waals surface area contributed by atoms with Crippen molar-refractivity contribution in [3.63, 3.8) is 0 Å². The Kier molecular flexibility index (Phi) is 8.47. The Morgan fingerprint density at radius 1 is 1.29 bits per heavy atom. The van der Waals surface area contributed by atoms with Crippen LogP contribution in [0.15, 0.2) is 24.3 Å². The fourth-order valence-electron chi connectivity index (χ4n) is 1.79. The Bertz CT molecular complexity index is 422. The number of benzene rings is 1. The van der Waals surface area contributed by atoms with Crippen molar-refractivity contribution in [2.45, 2.75) is 19.4 Å². The van der Waals surface area contributed by atoms with Crippen LogP contribution in [0.4, 0.5) is 0 Å². The molecule has 1 amide bonds. The number of carbonyl (C=O) groups excluding carboxylic acids is 1. The van der Waals surface area contributed by atoms with Crippen molar-refractivity contribution in [3.8, 4) is 5.75 Å². The molecule has 0 unspecified atom stereocenters. The van der Waals surface area contributed by atoms with Gasteiger partial charge in [0.2, 0.25) is 5.91 Å². The van der Waals surface area contributed by atoms with E-state index in [1.54, 1.807) is 26.1 Å². The minimum Gasteiger partial charge on any atom is -0.494 e. The third-order valence-corrected chi connectivity index (χ3v) is 3.01. The van der Waals surface area contributed by atoms with Crippen LogP contribution in [0.5, 0.6) is 5.75 Å².